The normalized spacial score (nSPS) is 10.4. The van der Waals surface area contributed by atoms with Gasteiger partial charge in [-0.2, -0.15) is 0 Å². The zero-order valence-corrected chi connectivity index (χ0v) is 10.2. The molecular weight excluding hydrogens is 234 g/mol. The number of ether oxygens (including phenoxy) is 1. The summed E-state index contributed by atoms with van der Waals surface area (Å²) in [5.74, 6) is -0.366. The minimum atomic E-state index is -0.366. The number of carbonyl (C=O) groups excluding carboxylic acids is 1. The Morgan fingerprint density at radius 1 is 1.47 bits per heavy atom. The molecule has 0 aliphatic carbocycles. The Bertz CT molecular complexity index is 500. The fourth-order valence-electron chi connectivity index (χ4n) is 1.48. The first kappa shape index (κ1) is 11.8. The largest absolute Gasteiger partial charge is 0.463 e. The molecule has 2 rings (SSSR count). The molecule has 0 radical (unpaired) electrons. The average Bonchev–Trinajstić information content (AvgIpc) is 2.76. The van der Waals surface area contributed by atoms with Crippen molar-refractivity contribution in [2.24, 2.45) is 0 Å². The van der Waals surface area contributed by atoms with Crippen molar-refractivity contribution in [3.63, 3.8) is 0 Å². The van der Waals surface area contributed by atoms with Crippen molar-refractivity contribution in [1.29, 1.82) is 0 Å². The van der Waals surface area contributed by atoms with E-state index in [-0.39, 0.29) is 5.97 Å². The standard InChI is InChI=1S/C13H13NO2S/c1-2-13(15)16-9-5-8-12-14-10-6-3-4-7-11(10)17-12/h2-4,6-7H,1,5,8-9H2. The lowest BCUT2D eigenvalue weighted by Gasteiger charge is -1.99. The highest BCUT2D eigenvalue weighted by Crippen LogP contribution is 2.22. The third-order valence-electron chi connectivity index (χ3n) is 2.28. The quantitative estimate of drug-likeness (QED) is 0.463. The molecule has 0 aliphatic heterocycles. The zero-order chi connectivity index (χ0) is 12.1. The van der Waals surface area contributed by atoms with Crippen molar-refractivity contribution in [1.82, 2.24) is 4.98 Å². The Kier molecular flexibility index (Phi) is 3.88. The minimum absolute atomic E-state index is 0.366. The van der Waals surface area contributed by atoms with Crippen molar-refractivity contribution in [3.8, 4) is 0 Å². The number of esters is 1. The van der Waals surface area contributed by atoms with Gasteiger partial charge in [0, 0.05) is 12.5 Å². The summed E-state index contributed by atoms with van der Waals surface area (Å²) in [7, 11) is 0. The fourth-order valence-corrected chi connectivity index (χ4v) is 2.49. The molecule has 1 aromatic carbocycles. The van der Waals surface area contributed by atoms with E-state index < -0.39 is 0 Å². The number of nitrogens with zero attached hydrogens (tertiary/aromatic N) is 1. The molecule has 88 valence electrons. The molecule has 4 heteroatoms. The van der Waals surface area contributed by atoms with Gasteiger partial charge in [0.25, 0.3) is 0 Å². The van der Waals surface area contributed by atoms with E-state index in [2.05, 4.69) is 17.6 Å². The first-order valence-corrected chi connectivity index (χ1v) is 6.25. The maximum absolute atomic E-state index is 10.8. The predicted octanol–water partition coefficient (Wildman–Crippen LogP) is 2.96. The van der Waals surface area contributed by atoms with E-state index in [1.54, 1.807) is 11.3 Å². The summed E-state index contributed by atoms with van der Waals surface area (Å²) in [5.41, 5.74) is 1.04. The summed E-state index contributed by atoms with van der Waals surface area (Å²) < 4.78 is 6.11. The van der Waals surface area contributed by atoms with E-state index in [0.29, 0.717) is 6.61 Å². The molecule has 0 atom stereocenters. The molecule has 0 spiro atoms. The van der Waals surface area contributed by atoms with Crippen molar-refractivity contribution in [3.05, 3.63) is 41.9 Å². The molecule has 2 aromatic rings. The van der Waals surface area contributed by atoms with E-state index in [0.717, 1.165) is 23.4 Å². The highest BCUT2D eigenvalue weighted by molar-refractivity contribution is 7.18. The molecule has 0 N–H and O–H groups in total. The highest BCUT2D eigenvalue weighted by atomic mass is 32.1. The second-order valence-corrected chi connectivity index (χ2v) is 4.67. The Labute approximate surface area is 104 Å². The first-order chi connectivity index (χ1) is 8.29. The number of fused-ring (bicyclic) bond motifs is 1. The van der Waals surface area contributed by atoms with E-state index in [1.165, 1.54) is 10.8 Å². The van der Waals surface area contributed by atoms with Gasteiger partial charge >= 0.3 is 5.97 Å². The maximum atomic E-state index is 10.8. The van der Waals surface area contributed by atoms with Crippen LogP contribution in [0.15, 0.2) is 36.9 Å². The molecule has 3 nitrogen and oxygen atoms in total. The van der Waals surface area contributed by atoms with Crippen LogP contribution in [0.2, 0.25) is 0 Å². The summed E-state index contributed by atoms with van der Waals surface area (Å²) in [4.78, 5) is 15.3. The lowest BCUT2D eigenvalue weighted by molar-refractivity contribution is -0.137. The van der Waals surface area contributed by atoms with Gasteiger partial charge in [-0.25, -0.2) is 9.78 Å². The molecule has 1 aromatic heterocycles. The minimum Gasteiger partial charge on any atom is -0.463 e. The van der Waals surface area contributed by atoms with Gasteiger partial charge in [-0.3, -0.25) is 0 Å². The first-order valence-electron chi connectivity index (χ1n) is 5.43. The number of rotatable bonds is 5. The third-order valence-corrected chi connectivity index (χ3v) is 3.38. The number of benzene rings is 1. The number of hydrogen-bond acceptors (Lipinski definition) is 4. The number of aryl methyl sites for hydroxylation is 1. The topological polar surface area (TPSA) is 39.2 Å². The number of para-hydroxylation sites is 1. The highest BCUT2D eigenvalue weighted by Gasteiger charge is 2.03. The molecule has 0 unspecified atom stereocenters. The molecule has 0 saturated carbocycles. The summed E-state index contributed by atoms with van der Waals surface area (Å²) >= 11 is 1.69. The zero-order valence-electron chi connectivity index (χ0n) is 9.39. The molecule has 0 bridgehead atoms. The molecule has 0 fully saturated rings. The fraction of sp³-hybridized carbons (Fsp3) is 0.231. The number of carbonyl (C=O) groups is 1. The van der Waals surface area contributed by atoms with Crippen molar-refractivity contribution < 1.29 is 9.53 Å². The Balaban J connectivity index is 1.87. The lowest BCUT2D eigenvalue weighted by atomic mass is 10.3. The van der Waals surface area contributed by atoms with Crippen LogP contribution >= 0.6 is 11.3 Å². The van der Waals surface area contributed by atoms with E-state index in [1.807, 2.05) is 18.2 Å². The lowest BCUT2D eigenvalue weighted by Crippen LogP contribution is -2.02. The Hall–Kier alpha value is -1.68. The van der Waals surface area contributed by atoms with E-state index in [4.69, 9.17) is 4.74 Å². The smallest absolute Gasteiger partial charge is 0.330 e. The number of hydrogen-bond donors (Lipinski definition) is 0. The van der Waals surface area contributed by atoms with E-state index >= 15 is 0 Å². The van der Waals surface area contributed by atoms with Crippen LogP contribution in [0, 0.1) is 0 Å². The summed E-state index contributed by atoms with van der Waals surface area (Å²) in [5, 5.41) is 1.08. The van der Waals surface area contributed by atoms with Crippen LogP contribution in [0.4, 0.5) is 0 Å². The van der Waals surface area contributed by atoms with Gasteiger partial charge in [0.15, 0.2) is 0 Å². The molecule has 0 saturated heterocycles. The van der Waals surface area contributed by atoms with Gasteiger partial charge in [-0.05, 0) is 18.6 Å². The van der Waals surface area contributed by atoms with Gasteiger partial charge in [-0.15, -0.1) is 11.3 Å². The maximum Gasteiger partial charge on any atom is 0.330 e. The van der Waals surface area contributed by atoms with Gasteiger partial charge in [0.05, 0.1) is 21.8 Å². The van der Waals surface area contributed by atoms with Gasteiger partial charge in [-0.1, -0.05) is 18.7 Å². The molecule has 0 aliphatic rings. The molecule has 17 heavy (non-hydrogen) atoms. The van der Waals surface area contributed by atoms with Crippen LogP contribution in [0.5, 0.6) is 0 Å². The Morgan fingerprint density at radius 2 is 2.29 bits per heavy atom. The van der Waals surface area contributed by atoms with Crippen LogP contribution in [-0.4, -0.2) is 17.6 Å². The third kappa shape index (κ3) is 3.14. The van der Waals surface area contributed by atoms with Crippen LogP contribution in [-0.2, 0) is 16.0 Å². The van der Waals surface area contributed by atoms with Gasteiger partial charge in [0.2, 0.25) is 0 Å². The van der Waals surface area contributed by atoms with Crippen molar-refractivity contribution in [2.45, 2.75) is 12.8 Å². The average molecular weight is 247 g/mol. The van der Waals surface area contributed by atoms with Crippen molar-refractivity contribution >= 4 is 27.5 Å². The number of aromatic nitrogens is 1. The SMILES string of the molecule is C=CC(=O)OCCCc1nc2ccccc2s1. The molecule has 0 amide bonds. The van der Waals surface area contributed by atoms with Gasteiger partial charge < -0.3 is 4.74 Å². The second-order valence-electron chi connectivity index (χ2n) is 3.55. The predicted molar refractivity (Wildman–Crippen MR) is 69.1 cm³/mol. The van der Waals surface area contributed by atoms with Crippen LogP contribution in [0.25, 0.3) is 10.2 Å². The second kappa shape index (κ2) is 5.59. The summed E-state index contributed by atoms with van der Waals surface area (Å²) in [6.45, 7) is 3.76. The molecular formula is C13H13NO2S. The van der Waals surface area contributed by atoms with Crippen molar-refractivity contribution in [2.75, 3.05) is 6.61 Å². The Morgan fingerprint density at radius 3 is 3.06 bits per heavy atom. The number of thiazole rings is 1. The van der Waals surface area contributed by atoms with E-state index in [9.17, 15) is 4.79 Å². The monoisotopic (exact) mass is 247 g/mol. The van der Waals surface area contributed by atoms with Crippen LogP contribution in [0.1, 0.15) is 11.4 Å². The molecule has 1 heterocycles. The van der Waals surface area contributed by atoms with Crippen LogP contribution < -0.4 is 0 Å². The summed E-state index contributed by atoms with van der Waals surface area (Å²) in [6, 6.07) is 8.06. The summed E-state index contributed by atoms with van der Waals surface area (Å²) in [6.07, 6.45) is 2.81. The van der Waals surface area contributed by atoms with Crippen LogP contribution in [0.3, 0.4) is 0 Å². The van der Waals surface area contributed by atoms with Gasteiger partial charge in [0.1, 0.15) is 0 Å².